The average Bonchev–Trinajstić information content (AvgIpc) is 2.52. The Balaban J connectivity index is 2.23. The fourth-order valence-corrected chi connectivity index (χ4v) is 2.73. The summed E-state index contributed by atoms with van der Waals surface area (Å²) in [5.41, 5.74) is 1.72. The smallest absolute Gasteiger partial charge is 0.328 e. The van der Waals surface area contributed by atoms with Gasteiger partial charge < -0.3 is 9.84 Å². The zero-order chi connectivity index (χ0) is 16.1. The maximum absolute atomic E-state index is 12.5. The summed E-state index contributed by atoms with van der Waals surface area (Å²) in [6.45, 7) is 0. The number of rotatable bonds is 5. The maximum atomic E-state index is 12.5. The number of aryl methyl sites for hydroxylation is 1. The third-order valence-electron chi connectivity index (χ3n) is 3.77. The summed E-state index contributed by atoms with van der Waals surface area (Å²) in [6, 6.07) is 6.80. The van der Waals surface area contributed by atoms with E-state index in [1.165, 1.54) is 12.0 Å². The van der Waals surface area contributed by atoms with Crippen LogP contribution in [-0.4, -0.2) is 36.1 Å². The third kappa shape index (κ3) is 3.44. The maximum Gasteiger partial charge on any atom is 0.328 e. The highest BCUT2D eigenvalue weighted by Gasteiger charge is 2.35. The Morgan fingerprint density at radius 2 is 2.00 bits per heavy atom. The summed E-state index contributed by atoms with van der Waals surface area (Å²) in [5.74, 6) is -1.62. The van der Waals surface area contributed by atoms with Crippen LogP contribution in [0.15, 0.2) is 24.3 Å². The lowest BCUT2D eigenvalue weighted by Gasteiger charge is -2.35. The van der Waals surface area contributed by atoms with Crippen molar-refractivity contribution in [3.8, 4) is 0 Å². The van der Waals surface area contributed by atoms with Gasteiger partial charge in [-0.25, -0.2) is 4.79 Å². The van der Waals surface area contributed by atoms with Crippen LogP contribution in [0.4, 0.5) is 5.69 Å². The molecule has 0 spiro atoms. The molecule has 0 radical (unpaired) electrons. The second-order valence-electron chi connectivity index (χ2n) is 5.22. The number of amides is 1. The minimum Gasteiger partial charge on any atom is -0.481 e. The van der Waals surface area contributed by atoms with Gasteiger partial charge in [-0.3, -0.25) is 14.5 Å². The molecule has 0 saturated heterocycles. The van der Waals surface area contributed by atoms with E-state index in [1.54, 1.807) is 6.07 Å². The van der Waals surface area contributed by atoms with Crippen LogP contribution < -0.4 is 4.90 Å². The highest BCUT2D eigenvalue weighted by atomic mass is 16.5. The van der Waals surface area contributed by atoms with Gasteiger partial charge in [-0.2, -0.15) is 0 Å². The van der Waals surface area contributed by atoms with Crippen LogP contribution in [0.25, 0.3) is 0 Å². The Kier molecular flexibility index (Phi) is 5.14. The van der Waals surface area contributed by atoms with Crippen molar-refractivity contribution in [3.63, 3.8) is 0 Å². The highest BCUT2D eigenvalue weighted by molar-refractivity contribution is 6.00. The number of esters is 1. The van der Waals surface area contributed by atoms with E-state index in [-0.39, 0.29) is 25.2 Å². The molecule has 1 unspecified atom stereocenters. The number of carbonyl (C=O) groups excluding carboxylic acids is 2. The molecule has 2 rings (SSSR count). The quantitative estimate of drug-likeness (QED) is 0.838. The molecule has 1 amide bonds. The van der Waals surface area contributed by atoms with Crippen molar-refractivity contribution in [2.24, 2.45) is 0 Å². The minimum atomic E-state index is -0.934. The first-order valence-electron chi connectivity index (χ1n) is 7.24. The molecule has 0 aliphatic carbocycles. The van der Waals surface area contributed by atoms with Crippen molar-refractivity contribution in [1.82, 2.24) is 0 Å². The number of aliphatic carboxylic acids is 1. The van der Waals surface area contributed by atoms with Gasteiger partial charge in [0.1, 0.15) is 6.04 Å². The molecule has 0 bridgehead atoms. The number of carboxylic acid groups (broad SMARTS) is 1. The van der Waals surface area contributed by atoms with Crippen LogP contribution in [0.5, 0.6) is 0 Å². The first-order chi connectivity index (χ1) is 10.5. The SMILES string of the molecule is COC(=O)C1CCc2ccccc2N1C(=O)CCCC(=O)O. The van der Waals surface area contributed by atoms with Crippen molar-refractivity contribution in [2.45, 2.75) is 38.1 Å². The van der Waals surface area contributed by atoms with Crippen LogP contribution in [0, 0.1) is 0 Å². The second kappa shape index (κ2) is 7.06. The standard InChI is InChI=1S/C16H19NO5/c1-22-16(21)13-10-9-11-5-2-3-6-12(11)17(13)14(18)7-4-8-15(19)20/h2-3,5-6,13H,4,7-10H2,1H3,(H,19,20). The van der Waals surface area contributed by atoms with Gasteiger partial charge in [0, 0.05) is 18.5 Å². The molecule has 1 aliphatic heterocycles. The first kappa shape index (κ1) is 16.0. The van der Waals surface area contributed by atoms with Gasteiger partial charge >= 0.3 is 11.9 Å². The summed E-state index contributed by atoms with van der Waals surface area (Å²) in [6.07, 6.45) is 1.49. The van der Waals surface area contributed by atoms with Gasteiger partial charge in [0.2, 0.25) is 5.91 Å². The molecule has 1 aromatic carbocycles. The number of fused-ring (bicyclic) bond motifs is 1. The third-order valence-corrected chi connectivity index (χ3v) is 3.77. The highest BCUT2D eigenvalue weighted by Crippen LogP contribution is 2.31. The predicted molar refractivity (Wildman–Crippen MR) is 79.5 cm³/mol. The van der Waals surface area contributed by atoms with E-state index < -0.39 is 18.0 Å². The number of anilines is 1. The number of hydrogen-bond acceptors (Lipinski definition) is 4. The lowest BCUT2D eigenvalue weighted by Crippen LogP contribution is -2.48. The Morgan fingerprint density at radius 1 is 1.27 bits per heavy atom. The Morgan fingerprint density at radius 3 is 2.68 bits per heavy atom. The van der Waals surface area contributed by atoms with Crippen LogP contribution in [0.1, 0.15) is 31.2 Å². The van der Waals surface area contributed by atoms with Crippen LogP contribution >= 0.6 is 0 Å². The number of hydrogen-bond donors (Lipinski definition) is 1. The van der Waals surface area contributed by atoms with Crippen molar-refractivity contribution < 1.29 is 24.2 Å². The second-order valence-corrected chi connectivity index (χ2v) is 5.22. The van der Waals surface area contributed by atoms with Gasteiger partial charge in [0.05, 0.1) is 7.11 Å². The molecule has 0 aromatic heterocycles. The summed E-state index contributed by atoms with van der Waals surface area (Å²) in [5, 5.41) is 8.67. The first-order valence-corrected chi connectivity index (χ1v) is 7.24. The number of carbonyl (C=O) groups is 3. The fraction of sp³-hybridized carbons (Fsp3) is 0.438. The van der Waals surface area contributed by atoms with E-state index in [2.05, 4.69) is 0 Å². The monoisotopic (exact) mass is 305 g/mol. The fourth-order valence-electron chi connectivity index (χ4n) is 2.73. The summed E-state index contributed by atoms with van der Waals surface area (Å²) in [7, 11) is 1.30. The zero-order valence-corrected chi connectivity index (χ0v) is 12.4. The molecule has 1 heterocycles. The van der Waals surface area contributed by atoms with Gasteiger partial charge in [-0.15, -0.1) is 0 Å². The molecule has 1 N–H and O–H groups in total. The van der Waals surface area contributed by atoms with Crippen LogP contribution in [-0.2, 0) is 25.5 Å². The molecule has 1 atom stereocenters. The topological polar surface area (TPSA) is 83.9 Å². The van der Waals surface area contributed by atoms with Gasteiger partial charge in [0.25, 0.3) is 0 Å². The molecule has 118 valence electrons. The summed E-state index contributed by atoms with van der Waals surface area (Å²) < 4.78 is 4.80. The van der Waals surface area contributed by atoms with Crippen molar-refractivity contribution in [3.05, 3.63) is 29.8 Å². The number of para-hydroxylation sites is 1. The molecular formula is C16H19NO5. The van der Waals surface area contributed by atoms with E-state index in [1.807, 2.05) is 18.2 Å². The number of methoxy groups -OCH3 is 1. The summed E-state index contributed by atoms with van der Waals surface area (Å²) in [4.78, 5) is 36.5. The van der Waals surface area contributed by atoms with Gasteiger partial charge in [-0.05, 0) is 30.9 Å². The minimum absolute atomic E-state index is 0.0654. The number of nitrogens with zero attached hydrogens (tertiary/aromatic N) is 1. The number of carboxylic acids is 1. The lowest BCUT2D eigenvalue weighted by molar-refractivity contribution is -0.144. The zero-order valence-electron chi connectivity index (χ0n) is 12.4. The Hall–Kier alpha value is -2.37. The van der Waals surface area contributed by atoms with Gasteiger partial charge in [-0.1, -0.05) is 18.2 Å². The molecule has 1 aliphatic rings. The van der Waals surface area contributed by atoms with E-state index in [0.29, 0.717) is 18.5 Å². The van der Waals surface area contributed by atoms with E-state index in [4.69, 9.17) is 9.84 Å². The van der Waals surface area contributed by atoms with E-state index in [9.17, 15) is 14.4 Å². The number of ether oxygens (including phenoxy) is 1. The summed E-state index contributed by atoms with van der Waals surface area (Å²) >= 11 is 0. The average molecular weight is 305 g/mol. The molecule has 6 nitrogen and oxygen atoms in total. The normalized spacial score (nSPS) is 16.8. The van der Waals surface area contributed by atoms with Crippen molar-refractivity contribution in [1.29, 1.82) is 0 Å². The predicted octanol–water partition coefficient (Wildman–Crippen LogP) is 1.76. The van der Waals surface area contributed by atoms with Crippen molar-refractivity contribution in [2.75, 3.05) is 12.0 Å². The van der Waals surface area contributed by atoms with Crippen LogP contribution in [0.3, 0.4) is 0 Å². The van der Waals surface area contributed by atoms with E-state index >= 15 is 0 Å². The Labute approximate surface area is 128 Å². The lowest BCUT2D eigenvalue weighted by atomic mass is 9.95. The van der Waals surface area contributed by atoms with Gasteiger partial charge in [0.15, 0.2) is 0 Å². The molecule has 0 fully saturated rings. The van der Waals surface area contributed by atoms with Crippen LogP contribution in [0.2, 0.25) is 0 Å². The number of benzene rings is 1. The molecule has 0 saturated carbocycles. The molecule has 22 heavy (non-hydrogen) atoms. The largest absolute Gasteiger partial charge is 0.481 e. The Bertz CT molecular complexity index is 584. The van der Waals surface area contributed by atoms with Crippen molar-refractivity contribution >= 4 is 23.5 Å². The molecule has 6 heteroatoms. The van der Waals surface area contributed by atoms with E-state index in [0.717, 1.165) is 5.56 Å². The molecule has 1 aromatic rings. The molecular weight excluding hydrogens is 286 g/mol.